The van der Waals surface area contributed by atoms with Crippen LogP contribution in [-0.2, 0) is 4.79 Å². The maximum absolute atomic E-state index is 12.4. The topological polar surface area (TPSA) is 70.5 Å². The molecule has 2 aromatic rings. The van der Waals surface area contributed by atoms with Crippen LogP contribution >= 0.6 is 22.9 Å². The van der Waals surface area contributed by atoms with Crippen LogP contribution in [0.15, 0.2) is 29.6 Å². The first-order valence-electron chi connectivity index (χ1n) is 6.47. The molecule has 22 heavy (non-hydrogen) atoms. The lowest BCUT2D eigenvalue weighted by atomic mass is 10.0. The van der Waals surface area contributed by atoms with E-state index in [4.69, 9.17) is 11.6 Å². The number of amides is 1. The van der Waals surface area contributed by atoms with E-state index in [0.717, 1.165) is 5.56 Å². The standard InChI is InChI=1S/C15H15ClN2O3S/c1-15(2,14(20)21)18(3)13(19)11-8-22-12(17-11)9-6-4-5-7-10(9)16/h4-8H,1-3H3,(H,20,21). The summed E-state index contributed by atoms with van der Waals surface area (Å²) < 4.78 is 0. The fourth-order valence-corrected chi connectivity index (χ4v) is 2.81. The van der Waals surface area contributed by atoms with Crippen LogP contribution < -0.4 is 0 Å². The third-order valence-electron chi connectivity index (χ3n) is 3.49. The molecule has 1 amide bonds. The number of hydrogen-bond acceptors (Lipinski definition) is 4. The van der Waals surface area contributed by atoms with Gasteiger partial charge in [0.2, 0.25) is 0 Å². The van der Waals surface area contributed by atoms with Gasteiger partial charge in [0.05, 0.1) is 5.02 Å². The Labute approximate surface area is 137 Å². The highest BCUT2D eigenvalue weighted by Gasteiger charge is 2.36. The number of nitrogens with zero attached hydrogens (tertiary/aromatic N) is 2. The number of benzene rings is 1. The molecule has 0 aliphatic carbocycles. The molecule has 1 N–H and O–H groups in total. The molecule has 0 bridgehead atoms. The monoisotopic (exact) mass is 338 g/mol. The summed E-state index contributed by atoms with van der Waals surface area (Å²) in [7, 11) is 1.45. The zero-order valence-electron chi connectivity index (χ0n) is 12.3. The third-order valence-corrected chi connectivity index (χ3v) is 4.70. The predicted octanol–water partition coefficient (Wildman–Crippen LogP) is 3.40. The highest BCUT2D eigenvalue weighted by molar-refractivity contribution is 7.13. The summed E-state index contributed by atoms with van der Waals surface area (Å²) in [5.74, 6) is -1.52. The smallest absolute Gasteiger partial charge is 0.329 e. The second-order valence-corrected chi connectivity index (χ2v) is 6.51. The molecule has 1 aromatic carbocycles. The molecule has 7 heteroatoms. The van der Waals surface area contributed by atoms with E-state index in [1.807, 2.05) is 18.2 Å². The van der Waals surface area contributed by atoms with Gasteiger partial charge in [-0.2, -0.15) is 0 Å². The Balaban J connectivity index is 2.31. The van der Waals surface area contributed by atoms with Gasteiger partial charge in [-0.15, -0.1) is 11.3 Å². The van der Waals surface area contributed by atoms with Gasteiger partial charge >= 0.3 is 5.97 Å². The van der Waals surface area contributed by atoms with Crippen LogP contribution in [0.2, 0.25) is 5.02 Å². The highest BCUT2D eigenvalue weighted by Crippen LogP contribution is 2.30. The number of hydrogen-bond donors (Lipinski definition) is 1. The number of carboxylic acid groups (broad SMARTS) is 1. The molecule has 116 valence electrons. The lowest BCUT2D eigenvalue weighted by molar-refractivity contribution is -0.147. The SMILES string of the molecule is CN(C(=O)c1csc(-c2ccccc2Cl)n1)C(C)(C)C(=O)O. The Kier molecular flexibility index (Phi) is 4.53. The largest absolute Gasteiger partial charge is 0.480 e. The number of carboxylic acids is 1. The van der Waals surface area contributed by atoms with E-state index in [0.29, 0.717) is 10.0 Å². The molecule has 0 radical (unpaired) electrons. The predicted molar refractivity (Wildman–Crippen MR) is 86.4 cm³/mol. The van der Waals surface area contributed by atoms with Gasteiger partial charge in [-0.1, -0.05) is 29.8 Å². The summed E-state index contributed by atoms with van der Waals surface area (Å²) in [6.07, 6.45) is 0. The minimum atomic E-state index is -1.31. The van der Waals surface area contributed by atoms with Crippen LogP contribution in [0, 0.1) is 0 Å². The molecule has 0 fully saturated rings. The van der Waals surface area contributed by atoms with Gasteiger partial charge in [0.25, 0.3) is 5.91 Å². The maximum Gasteiger partial charge on any atom is 0.329 e. The van der Waals surface area contributed by atoms with Crippen molar-refractivity contribution in [3.05, 3.63) is 40.4 Å². The number of halogens is 1. The van der Waals surface area contributed by atoms with Crippen molar-refractivity contribution >= 4 is 34.8 Å². The molecule has 1 heterocycles. The van der Waals surface area contributed by atoms with Crippen molar-refractivity contribution in [2.24, 2.45) is 0 Å². The van der Waals surface area contributed by atoms with Gasteiger partial charge in [0, 0.05) is 18.0 Å². The molecule has 5 nitrogen and oxygen atoms in total. The molecule has 0 atom stereocenters. The Bertz CT molecular complexity index is 727. The van der Waals surface area contributed by atoms with Crippen molar-refractivity contribution in [1.82, 2.24) is 9.88 Å². The van der Waals surface area contributed by atoms with Crippen LogP contribution in [0.5, 0.6) is 0 Å². The van der Waals surface area contributed by atoms with E-state index in [2.05, 4.69) is 4.98 Å². The molecule has 0 unspecified atom stereocenters. The summed E-state index contributed by atoms with van der Waals surface area (Å²) in [4.78, 5) is 29.1. The number of thiazole rings is 1. The second kappa shape index (κ2) is 6.06. The van der Waals surface area contributed by atoms with E-state index >= 15 is 0 Å². The molecule has 0 saturated heterocycles. The Morgan fingerprint density at radius 3 is 2.55 bits per heavy atom. The van der Waals surface area contributed by atoms with Gasteiger partial charge in [0.15, 0.2) is 0 Å². The molecule has 0 saturated carbocycles. The first-order valence-corrected chi connectivity index (χ1v) is 7.73. The van der Waals surface area contributed by atoms with Gasteiger partial charge in [-0.3, -0.25) is 4.79 Å². The Morgan fingerprint density at radius 2 is 1.95 bits per heavy atom. The first kappa shape index (κ1) is 16.5. The van der Waals surface area contributed by atoms with Gasteiger partial charge in [-0.25, -0.2) is 9.78 Å². The van der Waals surface area contributed by atoms with Crippen LogP contribution in [0.4, 0.5) is 0 Å². The van der Waals surface area contributed by atoms with Gasteiger partial charge in [0.1, 0.15) is 16.2 Å². The molecular formula is C15H15ClN2O3S. The minimum absolute atomic E-state index is 0.205. The lowest BCUT2D eigenvalue weighted by Gasteiger charge is -2.30. The van der Waals surface area contributed by atoms with Crippen molar-refractivity contribution in [3.63, 3.8) is 0 Å². The molecule has 0 aliphatic heterocycles. The van der Waals surface area contributed by atoms with E-state index in [9.17, 15) is 14.7 Å². The number of aromatic nitrogens is 1. The van der Waals surface area contributed by atoms with Crippen molar-refractivity contribution in [2.75, 3.05) is 7.05 Å². The number of carbonyl (C=O) groups excluding carboxylic acids is 1. The van der Waals surface area contributed by atoms with Gasteiger partial charge < -0.3 is 10.0 Å². The lowest BCUT2D eigenvalue weighted by Crippen LogP contribution is -2.50. The zero-order chi connectivity index (χ0) is 16.5. The molecule has 1 aromatic heterocycles. The van der Waals surface area contributed by atoms with Crippen molar-refractivity contribution in [1.29, 1.82) is 0 Å². The minimum Gasteiger partial charge on any atom is -0.480 e. The van der Waals surface area contributed by atoms with E-state index < -0.39 is 17.4 Å². The number of aliphatic carboxylic acids is 1. The third kappa shape index (κ3) is 2.98. The van der Waals surface area contributed by atoms with Crippen LogP contribution in [0.3, 0.4) is 0 Å². The van der Waals surface area contributed by atoms with E-state index in [1.165, 1.54) is 37.1 Å². The summed E-state index contributed by atoms with van der Waals surface area (Å²) >= 11 is 7.41. The Morgan fingerprint density at radius 1 is 1.32 bits per heavy atom. The first-order chi connectivity index (χ1) is 10.2. The molecule has 2 rings (SSSR count). The van der Waals surface area contributed by atoms with Crippen molar-refractivity contribution in [2.45, 2.75) is 19.4 Å². The second-order valence-electron chi connectivity index (χ2n) is 5.25. The van der Waals surface area contributed by atoms with Crippen molar-refractivity contribution < 1.29 is 14.7 Å². The van der Waals surface area contributed by atoms with E-state index in [1.54, 1.807) is 11.4 Å². The van der Waals surface area contributed by atoms with Crippen LogP contribution in [0.1, 0.15) is 24.3 Å². The van der Waals surface area contributed by atoms with Crippen LogP contribution in [-0.4, -0.2) is 39.5 Å². The fraction of sp³-hybridized carbons (Fsp3) is 0.267. The van der Waals surface area contributed by atoms with Crippen molar-refractivity contribution in [3.8, 4) is 10.6 Å². The average molecular weight is 339 g/mol. The summed E-state index contributed by atoms with van der Waals surface area (Å²) in [5.41, 5.74) is -0.365. The number of likely N-dealkylation sites (N-methyl/N-ethyl adjacent to an activating group) is 1. The Hall–Kier alpha value is -1.92. The molecular weight excluding hydrogens is 324 g/mol. The molecule has 0 spiro atoms. The average Bonchev–Trinajstić information content (AvgIpc) is 2.95. The summed E-state index contributed by atoms with van der Waals surface area (Å²) in [6.45, 7) is 2.93. The van der Waals surface area contributed by atoms with Crippen LogP contribution in [0.25, 0.3) is 10.6 Å². The zero-order valence-corrected chi connectivity index (χ0v) is 13.9. The van der Waals surface area contributed by atoms with Gasteiger partial charge in [-0.05, 0) is 19.9 Å². The molecule has 0 aliphatic rings. The fourth-order valence-electron chi connectivity index (χ4n) is 1.70. The quantitative estimate of drug-likeness (QED) is 0.927. The highest BCUT2D eigenvalue weighted by atomic mass is 35.5. The number of rotatable bonds is 4. The normalized spacial score (nSPS) is 11.3. The summed E-state index contributed by atoms with van der Waals surface area (Å²) in [6, 6.07) is 7.22. The van der Waals surface area contributed by atoms with E-state index in [-0.39, 0.29) is 5.69 Å². The number of carbonyl (C=O) groups is 2. The summed E-state index contributed by atoms with van der Waals surface area (Å²) in [5, 5.41) is 12.0. The maximum atomic E-state index is 12.4.